The largest absolute Gasteiger partial charge is 0.496 e. The topological polar surface area (TPSA) is 9.23 Å². The summed E-state index contributed by atoms with van der Waals surface area (Å²) in [7, 11) is 1.61. The van der Waals surface area contributed by atoms with Gasteiger partial charge in [-0.1, -0.05) is 64.5 Å². The average Bonchev–Trinajstić information content (AvgIpc) is 2.63. The van der Waals surface area contributed by atoms with Crippen molar-refractivity contribution >= 4 is 37.5 Å². The zero-order chi connectivity index (χ0) is 16.7. The Kier molecular flexibility index (Phi) is 3.73. The summed E-state index contributed by atoms with van der Waals surface area (Å²) in [6.45, 7) is 0. The summed E-state index contributed by atoms with van der Waals surface area (Å²) in [6.07, 6.45) is 0. The van der Waals surface area contributed by atoms with E-state index in [1.54, 1.807) is 13.2 Å². The highest BCUT2D eigenvalue weighted by Gasteiger charge is 2.16. The highest BCUT2D eigenvalue weighted by Crippen LogP contribution is 2.40. The highest BCUT2D eigenvalue weighted by molar-refractivity contribution is 9.10. The molecular formula is C21H14BrFO. The predicted molar refractivity (Wildman–Crippen MR) is 101 cm³/mol. The minimum atomic E-state index is -0.234. The van der Waals surface area contributed by atoms with Crippen molar-refractivity contribution in [2.24, 2.45) is 0 Å². The van der Waals surface area contributed by atoms with E-state index in [4.69, 9.17) is 4.74 Å². The van der Waals surface area contributed by atoms with Crippen molar-refractivity contribution in [3.8, 4) is 16.9 Å². The molecule has 3 heteroatoms. The SMILES string of the molecule is COc1cc2ccccc2cc1-c1cc(Br)c2ccccc2c1F. The van der Waals surface area contributed by atoms with E-state index in [-0.39, 0.29) is 5.82 Å². The van der Waals surface area contributed by atoms with Crippen molar-refractivity contribution < 1.29 is 9.13 Å². The van der Waals surface area contributed by atoms with Gasteiger partial charge in [-0.15, -0.1) is 0 Å². The number of hydrogen-bond donors (Lipinski definition) is 0. The van der Waals surface area contributed by atoms with Gasteiger partial charge < -0.3 is 4.74 Å². The number of halogens is 2. The second kappa shape index (κ2) is 5.91. The molecule has 4 rings (SSSR count). The summed E-state index contributed by atoms with van der Waals surface area (Å²) in [5.74, 6) is 0.428. The number of rotatable bonds is 2. The fraction of sp³-hybridized carbons (Fsp3) is 0.0476. The smallest absolute Gasteiger partial charge is 0.139 e. The first kappa shape index (κ1) is 15.2. The molecule has 0 bridgehead atoms. The second-order valence-electron chi connectivity index (χ2n) is 5.67. The Labute approximate surface area is 147 Å². The van der Waals surface area contributed by atoms with Crippen molar-refractivity contribution in [3.05, 3.63) is 77.0 Å². The van der Waals surface area contributed by atoms with E-state index in [1.807, 2.05) is 60.7 Å². The fourth-order valence-corrected chi connectivity index (χ4v) is 3.67. The van der Waals surface area contributed by atoms with Gasteiger partial charge in [0.2, 0.25) is 0 Å². The molecule has 0 aliphatic heterocycles. The molecule has 0 radical (unpaired) electrons. The highest BCUT2D eigenvalue weighted by atomic mass is 79.9. The lowest BCUT2D eigenvalue weighted by Crippen LogP contribution is -1.93. The van der Waals surface area contributed by atoms with Gasteiger partial charge in [0.1, 0.15) is 11.6 Å². The minimum absolute atomic E-state index is 0.234. The van der Waals surface area contributed by atoms with Crippen LogP contribution < -0.4 is 4.74 Å². The standard InChI is InChI=1S/C21H14BrFO/c1-24-20-11-14-7-3-2-6-13(14)10-17(20)18-12-19(22)15-8-4-5-9-16(15)21(18)23/h2-12H,1H3. The van der Waals surface area contributed by atoms with Crippen molar-refractivity contribution in [2.45, 2.75) is 0 Å². The van der Waals surface area contributed by atoms with Gasteiger partial charge in [-0.05, 0) is 34.4 Å². The van der Waals surface area contributed by atoms with Crippen LogP contribution in [0.15, 0.2) is 71.2 Å². The first-order valence-electron chi connectivity index (χ1n) is 7.63. The first-order valence-corrected chi connectivity index (χ1v) is 8.42. The van der Waals surface area contributed by atoms with Crippen LogP contribution in [0.3, 0.4) is 0 Å². The Balaban J connectivity index is 2.07. The van der Waals surface area contributed by atoms with Gasteiger partial charge in [-0.25, -0.2) is 4.39 Å². The van der Waals surface area contributed by atoms with Crippen molar-refractivity contribution in [2.75, 3.05) is 7.11 Å². The lowest BCUT2D eigenvalue weighted by molar-refractivity contribution is 0.417. The van der Waals surface area contributed by atoms with Crippen molar-refractivity contribution in [3.63, 3.8) is 0 Å². The van der Waals surface area contributed by atoms with E-state index >= 15 is 4.39 Å². The molecule has 0 aromatic heterocycles. The molecule has 0 amide bonds. The second-order valence-corrected chi connectivity index (χ2v) is 6.52. The van der Waals surface area contributed by atoms with Crippen LogP contribution in [0.2, 0.25) is 0 Å². The summed E-state index contributed by atoms with van der Waals surface area (Å²) < 4.78 is 21.6. The molecule has 0 saturated heterocycles. The molecule has 0 N–H and O–H groups in total. The van der Waals surface area contributed by atoms with E-state index in [0.29, 0.717) is 16.7 Å². The molecule has 0 aliphatic rings. The van der Waals surface area contributed by atoms with Gasteiger partial charge >= 0.3 is 0 Å². The third kappa shape index (κ3) is 2.36. The molecule has 0 heterocycles. The lowest BCUT2D eigenvalue weighted by Gasteiger charge is -2.14. The van der Waals surface area contributed by atoms with E-state index in [1.165, 1.54) is 0 Å². The van der Waals surface area contributed by atoms with Crippen molar-refractivity contribution in [1.29, 1.82) is 0 Å². The van der Waals surface area contributed by atoms with Crippen LogP contribution in [0.5, 0.6) is 5.75 Å². The summed E-state index contributed by atoms with van der Waals surface area (Å²) in [5, 5.41) is 3.57. The number of fused-ring (bicyclic) bond motifs is 2. The van der Waals surface area contributed by atoms with Gasteiger partial charge in [-0.2, -0.15) is 0 Å². The maximum absolute atomic E-state index is 15.2. The maximum Gasteiger partial charge on any atom is 0.139 e. The average molecular weight is 381 g/mol. The molecule has 1 nitrogen and oxygen atoms in total. The normalized spacial score (nSPS) is 11.1. The quantitative estimate of drug-likeness (QED) is 0.382. The Hall–Kier alpha value is -2.39. The first-order chi connectivity index (χ1) is 11.7. The molecule has 0 spiro atoms. The molecule has 0 atom stereocenters. The van der Waals surface area contributed by atoms with E-state index in [9.17, 15) is 0 Å². The van der Waals surface area contributed by atoms with E-state index < -0.39 is 0 Å². The Bertz CT molecular complexity index is 1070. The third-order valence-electron chi connectivity index (χ3n) is 4.29. The van der Waals surface area contributed by atoms with Gasteiger partial charge in [0.05, 0.1) is 7.11 Å². The van der Waals surface area contributed by atoms with Gasteiger partial charge in [0.25, 0.3) is 0 Å². The molecule has 4 aromatic rings. The van der Waals surface area contributed by atoms with Crippen LogP contribution in [0.25, 0.3) is 32.7 Å². The molecule has 4 aromatic carbocycles. The molecule has 24 heavy (non-hydrogen) atoms. The molecule has 0 fully saturated rings. The molecule has 0 unspecified atom stereocenters. The summed E-state index contributed by atoms with van der Waals surface area (Å²) in [6, 6.07) is 21.2. The third-order valence-corrected chi connectivity index (χ3v) is 4.94. The zero-order valence-corrected chi connectivity index (χ0v) is 14.6. The molecular weight excluding hydrogens is 367 g/mol. The summed E-state index contributed by atoms with van der Waals surface area (Å²) in [4.78, 5) is 0. The summed E-state index contributed by atoms with van der Waals surface area (Å²) in [5.41, 5.74) is 1.28. The maximum atomic E-state index is 15.2. The van der Waals surface area contributed by atoms with Crippen molar-refractivity contribution in [1.82, 2.24) is 0 Å². The van der Waals surface area contributed by atoms with Crippen LogP contribution >= 0.6 is 15.9 Å². The van der Waals surface area contributed by atoms with Gasteiger partial charge in [0, 0.05) is 21.0 Å². The predicted octanol–water partition coefficient (Wildman–Crippen LogP) is 6.57. The summed E-state index contributed by atoms with van der Waals surface area (Å²) >= 11 is 3.57. The van der Waals surface area contributed by atoms with Crippen LogP contribution in [0.1, 0.15) is 0 Å². The van der Waals surface area contributed by atoms with Crippen LogP contribution in [-0.4, -0.2) is 7.11 Å². The Morgan fingerprint density at radius 3 is 2.12 bits per heavy atom. The molecule has 0 saturated carbocycles. The zero-order valence-electron chi connectivity index (χ0n) is 13.0. The monoisotopic (exact) mass is 380 g/mol. The molecule has 0 aliphatic carbocycles. The van der Waals surface area contributed by atoms with Crippen LogP contribution in [-0.2, 0) is 0 Å². The minimum Gasteiger partial charge on any atom is -0.496 e. The fourth-order valence-electron chi connectivity index (χ4n) is 3.09. The van der Waals surface area contributed by atoms with Crippen LogP contribution in [0, 0.1) is 5.82 Å². The van der Waals surface area contributed by atoms with Crippen LogP contribution in [0.4, 0.5) is 4.39 Å². The number of benzene rings is 4. The van der Waals surface area contributed by atoms with Gasteiger partial charge in [-0.3, -0.25) is 0 Å². The number of methoxy groups -OCH3 is 1. The Morgan fingerprint density at radius 2 is 1.42 bits per heavy atom. The van der Waals surface area contributed by atoms with E-state index in [2.05, 4.69) is 15.9 Å². The number of hydrogen-bond acceptors (Lipinski definition) is 1. The number of ether oxygens (including phenoxy) is 1. The van der Waals surface area contributed by atoms with E-state index in [0.717, 1.165) is 26.2 Å². The lowest BCUT2D eigenvalue weighted by atomic mass is 9.97. The Morgan fingerprint density at radius 1 is 0.792 bits per heavy atom. The molecule has 118 valence electrons. The van der Waals surface area contributed by atoms with Gasteiger partial charge in [0.15, 0.2) is 0 Å².